The van der Waals surface area contributed by atoms with Gasteiger partial charge in [-0.15, -0.1) is 0 Å². The summed E-state index contributed by atoms with van der Waals surface area (Å²) in [5, 5.41) is 11.4. The molecule has 1 unspecified atom stereocenters. The molecular formula is C16H22N4S. The fourth-order valence-corrected chi connectivity index (χ4v) is 2.21. The van der Waals surface area contributed by atoms with Gasteiger partial charge in [0.15, 0.2) is 5.11 Å². The number of hydrogen-bond acceptors (Lipinski definition) is 2. The molecule has 4 nitrogen and oxygen atoms in total. The summed E-state index contributed by atoms with van der Waals surface area (Å²) in [6.45, 7) is 7.08. The Balaban J connectivity index is 1.92. The summed E-state index contributed by atoms with van der Waals surface area (Å²) in [5.41, 5.74) is 3.40. The zero-order chi connectivity index (χ0) is 15.2. The summed E-state index contributed by atoms with van der Waals surface area (Å²) in [4.78, 5) is 0. The van der Waals surface area contributed by atoms with Gasteiger partial charge in [-0.25, -0.2) is 0 Å². The maximum absolute atomic E-state index is 5.27. The molecule has 1 heterocycles. The van der Waals surface area contributed by atoms with Gasteiger partial charge in [0.05, 0.1) is 18.4 Å². The number of nitrogens with zero attached hydrogens (tertiary/aromatic N) is 2. The molecule has 21 heavy (non-hydrogen) atoms. The lowest BCUT2D eigenvalue weighted by Crippen LogP contribution is -2.35. The van der Waals surface area contributed by atoms with Crippen LogP contribution in [0.25, 0.3) is 0 Å². The van der Waals surface area contributed by atoms with E-state index in [0.29, 0.717) is 11.2 Å². The van der Waals surface area contributed by atoms with Gasteiger partial charge >= 0.3 is 0 Å². The summed E-state index contributed by atoms with van der Waals surface area (Å²) < 4.78 is 1.90. The molecule has 5 heteroatoms. The van der Waals surface area contributed by atoms with E-state index in [9.17, 15) is 0 Å². The van der Waals surface area contributed by atoms with E-state index >= 15 is 0 Å². The summed E-state index contributed by atoms with van der Waals surface area (Å²) >= 11 is 5.27. The number of nitrogens with one attached hydrogen (secondary N) is 2. The topological polar surface area (TPSA) is 41.9 Å². The molecule has 0 aliphatic rings. The smallest absolute Gasteiger partial charge is 0.171 e. The van der Waals surface area contributed by atoms with Crippen molar-refractivity contribution in [3.8, 4) is 0 Å². The second-order valence-electron chi connectivity index (χ2n) is 5.32. The van der Waals surface area contributed by atoms with Crippen molar-refractivity contribution in [1.29, 1.82) is 0 Å². The molecule has 0 bridgehead atoms. The van der Waals surface area contributed by atoms with Gasteiger partial charge < -0.3 is 10.6 Å². The molecule has 112 valence electrons. The van der Waals surface area contributed by atoms with E-state index in [1.807, 2.05) is 10.9 Å². The first kappa shape index (κ1) is 15.5. The Bertz CT molecular complexity index is 589. The Labute approximate surface area is 131 Å². The van der Waals surface area contributed by atoms with Gasteiger partial charge in [-0.1, -0.05) is 36.8 Å². The summed E-state index contributed by atoms with van der Waals surface area (Å²) in [6.07, 6.45) is 4.79. The minimum absolute atomic E-state index is 0.368. The predicted molar refractivity (Wildman–Crippen MR) is 91.6 cm³/mol. The summed E-state index contributed by atoms with van der Waals surface area (Å²) in [6, 6.07) is 8.85. The third-order valence-corrected chi connectivity index (χ3v) is 3.57. The van der Waals surface area contributed by atoms with E-state index < -0.39 is 0 Å². The molecule has 0 radical (unpaired) electrons. The molecule has 0 amide bonds. The standard InChI is InChI=1S/C16H22N4S/c1-4-13(3)18-16(21)19-15-9-17-20(11-15)10-14-7-5-12(2)6-8-14/h5-9,11,13H,4,10H2,1-3H3,(H2,18,19,21). The maximum atomic E-state index is 5.27. The molecule has 2 aromatic rings. The van der Waals surface area contributed by atoms with Crippen LogP contribution in [0.2, 0.25) is 0 Å². The number of hydrogen-bond donors (Lipinski definition) is 2. The van der Waals surface area contributed by atoms with Crippen LogP contribution in [-0.4, -0.2) is 20.9 Å². The van der Waals surface area contributed by atoms with Gasteiger partial charge in [0.2, 0.25) is 0 Å². The Morgan fingerprint density at radius 3 is 2.71 bits per heavy atom. The van der Waals surface area contributed by atoms with Crippen molar-refractivity contribution in [2.75, 3.05) is 5.32 Å². The van der Waals surface area contributed by atoms with E-state index in [-0.39, 0.29) is 0 Å². The lowest BCUT2D eigenvalue weighted by Gasteiger charge is -2.14. The Hall–Kier alpha value is -1.88. The Morgan fingerprint density at radius 1 is 1.33 bits per heavy atom. The van der Waals surface area contributed by atoms with Crippen molar-refractivity contribution >= 4 is 23.0 Å². The van der Waals surface area contributed by atoms with Crippen LogP contribution in [0.1, 0.15) is 31.4 Å². The monoisotopic (exact) mass is 302 g/mol. The second kappa shape index (κ2) is 7.22. The van der Waals surface area contributed by atoms with Crippen molar-refractivity contribution in [1.82, 2.24) is 15.1 Å². The number of benzene rings is 1. The fourth-order valence-electron chi connectivity index (χ4n) is 1.89. The van der Waals surface area contributed by atoms with E-state index in [4.69, 9.17) is 12.2 Å². The first-order chi connectivity index (χ1) is 10.1. The van der Waals surface area contributed by atoms with Crippen LogP contribution in [0.3, 0.4) is 0 Å². The van der Waals surface area contributed by atoms with Gasteiger partial charge in [-0.2, -0.15) is 5.10 Å². The van der Waals surface area contributed by atoms with Crippen LogP contribution in [0.5, 0.6) is 0 Å². The van der Waals surface area contributed by atoms with Crippen molar-refractivity contribution < 1.29 is 0 Å². The normalized spacial score (nSPS) is 12.0. The van der Waals surface area contributed by atoms with E-state index in [1.165, 1.54) is 11.1 Å². The molecule has 1 aromatic carbocycles. The molecule has 0 spiro atoms. The first-order valence-corrected chi connectivity index (χ1v) is 7.63. The zero-order valence-electron chi connectivity index (χ0n) is 12.8. The van der Waals surface area contributed by atoms with Crippen LogP contribution < -0.4 is 10.6 Å². The summed E-state index contributed by atoms with van der Waals surface area (Å²) in [5.74, 6) is 0. The predicted octanol–water partition coefficient (Wildman–Crippen LogP) is 3.32. The highest BCUT2D eigenvalue weighted by Gasteiger charge is 2.04. The molecule has 0 aliphatic heterocycles. The minimum atomic E-state index is 0.368. The van der Waals surface area contributed by atoms with Crippen molar-refractivity contribution in [3.63, 3.8) is 0 Å². The number of aromatic nitrogens is 2. The lowest BCUT2D eigenvalue weighted by molar-refractivity contribution is 0.646. The average molecular weight is 302 g/mol. The van der Waals surface area contributed by atoms with Gasteiger partial charge in [0.1, 0.15) is 0 Å². The number of thiocarbonyl (C=S) groups is 1. The molecule has 0 aliphatic carbocycles. The van der Waals surface area contributed by atoms with Crippen LogP contribution in [0, 0.1) is 6.92 Å². The van der Waals surface area contributed by atoms with Crippen LogP contribution in [0.4, 0.5) is 5.69 Å². The van der Waals surface area contributed by atoms with E-state index in [1.54, 1.807) is 6.20 Å². The molecule has 1 atom stereocenters. The minimum Gasteiger partial charge on any atom is -0.360 e. The average Bonchev–Trinajstić information content (AvgIpc) is 2.88. The third-order valence-electron chi connectivity index (χ3n) is 3.35. The highest BCUT2D eigenvalue weighted by atomic mass is 32.1. The van der Waals surface area contributed by atoms with Crippen molar-refractivity contribution in [2.45, 2.75) is 39.8 Å². The van der Waals surface area contributed by atoms with Crippen LogP contribution in [0.15, 0.2) is 36.7 Å². The molecule has 2 rings (SSSR count). The Kier molecular flexibility index (Phi) is 5.33. The largest absolute Gasteiger partial charge is 0.360 e. The van der Waals surface area contributed by atoms with Crippen LogP contribution in [-0.2, 0) is 6.54 Å². The highest BCUT2D eigenvalue weighted by Crippen LogP contribution is 2.09. The molecule has 0 fully saturated rings. The zero-order valence-corrected chi connectivity index (χ0v) is 13.6. The summed E-state index contributed by atoms with van der Waals surface area (Å²) in [7, 11) is 0. The van der Waals surface area contributed by atoms with Gasteiger partial charge in [-0.05, 0) is 38.0 Å². The lowest BCUT2D eigenvalue weighted by atomic mass is 10.1. The second-order valence-corrected chi connectivity index (χ2v) is 5.73. The van der Waals surface area contributed by atoms with Gasteiger partial charge in [-0.3, -0.25) is 4.68 Å². The fraction of sp³-hybridized carbons (Fsp3) is 0.375. The van der Waals surface area contributed by atoms with Crippen molar-refractivity contribution in [2.24, 2.45) is 0 Å². The highest BCUT2D eigenvalue weighted by molar-refractivity contribution is 7.80. The number of anilines is 1. The van der Waals surface area contributed by atoms with E-state index in [2.05, 4.69) is 60.8 Å². The molecule has 0 saturated carbocycles. The SMILES string of the molecule is CCC(C)NC(=S)Nc1cnn(Cc2ccc(C)cc2)c1. The molecule has 0 saturated heterocycles. The van der Waals surface area contributed by atoms with Crippen LogP contribution >= 0.6 is 12.2 Å². The number of rotatable bonds is 5. The molecule has 2 N–H and O–H groups in total. The quantitative estimate of drug-likeness (QED) is 0.831. The Morgan fingerprint density at radius 2 is 2.05 bits per heavy atom. The molecule has 1 aromatic heterocycles. The van der Waals surface area contributed by atoms with Gasteiger partial charge in [0, 0.05) is 12.2 Å². The van der Waals surface area contributed by atoms with Crippen molar-refractivity contribution in [3.05, 3.63) is 47.8 Å². The first-order valence-electron chi connectivity index (χ1n) is 7.22. The molecular weight excluding hydrogens is 280 g/mol. The number of aryl methyl sites for hydroxylation is 1. The van der Waals surface area contributed by atoms with E-state index in [0.717, 1.165) is 18.7 Å². The maximum Gasteiger partial charge on any atom is 0.171 e. The third kappa shape index (κ3) is 4.86. The van der Waals surface area contributed by atoms with Gasteiger partial charge in [0.25, 0.3) is 0 Å².